The summed E-state index contributed by atoms with van der Waals surface area (Å²) >= 11 is 0. The lowest BCUT2D eigenvalue weighted by atomic mass is 10.00. The van der Waals surface area contributed by atoms with Crippen LogP contribution in [0.4, 0.5) is 0 Å². The van der Waals surface area contributed by atoms with E-state index in [9.17, 15) is 4.79 Å². The van der Waals surface area contributed by atoms with Gasteiger partial charge in [-0.2, -0.15) is 0 Å². The molecule has 0 aliphatic carbocycles. The van der Waals surface area contributed by atoms with Crippen molar-refractivity contribution in [2.24, 2.45) is 10.9 Å². The van der Waals surface area contributed by atoms with Crippen molar-refractivity contribution in [1.82, 2.24) is 4.90 Å². The minimum Gasteiger partial charge on any atom is -0.491 e. The summed E-state index contributed by atoms with van der Waals surface area (Å²) in [5, 5.41) is 0. The van der Waals surface area contributed by atoms with Crippen LogP contribution in [0, 0.1) is 5.92 Å². The van der Waals surface area contributed by atoms with Crippen molar-refractivity contribution in [1.29, 1.82) is 0 Å². The fourth-order valence-corrected chi connectivity index (χ4v) is 3.45. The van der Waals surface area contributed by atoms with Crippen molar-refractivity contribution in [3.8, 4) is 5.75 Å². The van der Waals surface area contributed by atoms with Crippen LogP contribution in [0.5, 0.6) is 5.75 Å². The largest absolute Gasteiger partial charge is 0.491 e. The Bertz CT molecular complexity index is 715. The molecule has 0 saturated carbocycles. The van der Waals surface area contributed by atoms with Crippen LogP contribution in [0.15, 0.2) is 35.0 Å². The van der Waals surface area contributed by atoms with Crippen LogP contribution in [0.2, 0.25) is 0 Å². The van der Waals surface area contributed by atoms with E-state index in [0.717, 1.165) is 61.4 Å². The van der Waals surface area contributed by atoms with Gasteiger partial charge in [0.1, 0.15) is 11.5 Å². The maximum absolute atomic E-state index is 13.1. The van der Waals surface area contributed by atoms with Crippen LogP contribution in [0.25, 0.3) is 5.57 Å². The first-order valence-electron chi connectivity index (χ1n) is 10.7. The maximum atomic E-state index is 13.1. The van der Waals surface area contributed by atoms with Crippen molar-refractivity contribution in [2.45, 2.75) is 73.3 Å². The summed E-state index contributed by atoms with van der Waals surface area (Å²) in [5.41, 5.74) is 3.82. The first kappa shape index (κ1) is 22.2. The molecule has 0 spiro atoms. The van der Waals surface area contributed by atoms with E-state index in [4.69, 9.17) is 9.73 Å². The zero-order valence-electron chi connectivity index (χ0n) is 18.4. The molecule has 4 heteroatoms. The third kappa shape index (κ3) is 5.95. The van der Waals surface area contributed by atoms with E-state index in [1.165, 1.54) is 0 Å². The number of likely N-dealkylation sites (tertiary alicyclic amines) is 1. The lowest BCUT2D eigenvalue weighted by Gasteiger charge is -2.21. The average Bonchev–Trinajstić information content (AvgIpc) is 2.79. The summed E-state index contributed by atoms with van der Waals surface area (Å²) < 4.78 is 5.72. The Balaban J connectivity index is 2.27. The number of carbonyl (C=O) groups is 1. The number of unbranched alkanes of at least 4 members (excludes halogenated alkanes) is 1. The lowest BCUT2D eigenvalue weighted by Crippen LogP contribution is -2.37. The van der Waals surface area contributed by atoms with Crippen molar-refractivity contribution < 1.29 is 9.53 Å². The molecular weight excluding hydrogens is 348 g/mol. The van der Waals surface area contributed by atoms with E-state index < -0.39 is 0 Å². The van der Waals surface area contributed by atoms with Crippen LogP contribution >= 0.6 is 0 Å². The predicted octanol–water partition coefficient (Wildman–Crippen LogP) is 5.72. The molecule has 1 unspecified atom stereocenters. The molecule has 1 atom stereocenters. The molecule has 4 nitrogen and oxygen atoms in total. The highest BCUT2D eigenvalue weighted by Gasteiger charge is 2.27. The number of ether oxygens (including phenoxy) is 1. The van der Waals surface area contributed by atoms with E-state index in [-0.39, 0.29) is 17.9 Å². The van der Waals surface area contributed by atoms with Gasteiger partial charge >= 0.3 is 0 Å². The molecule has 1 aromatic carbocycles. The van der Waals surface area contributed by atoms with Gasteiger partial charge in [0.05, 0.1) is 6.10 Å². The number of nitrogens with zero attached hydrogens (tertiary/aromatic N) is 2. The monoisotopic (exact) mass is 384 g/mol. The standard InChI is InChI=1S/C24H36N2O2/c1-7-8-15-26-16-9-10-18(4)23(24(26)27)25-20(6)19(5)21-11-13-22(14-12-21)28-17(2)3/h11-14,17-18H,7-10,15-16H2,1-6H3/b20-19+,25-23?. The van der Waals surface area contributed by atoms with Crippen LogP contribution in [-0.2, 0) is 4.79 Å². The third-order valence-corrected chi connectivity index (χ3v) is 5.31. The number of amides is 1. The van der Waals surface area contributed by atoms with Gasteiger partial charge in [-0.15, -0.1) is 0 Å². The van der Waals surface area contributed by atoms with Gasteiger partial charge in [0.2, 0.25) is 0 Å². The summed E-state index contributed by atoms with van der Waals surface area (Å²) in [6, 6.07) is 8.10. The molecule has 0 N–H and O–H groups in total. The van der Waals surface area contributed by atoms with Gasteiger partial charge in [0.15, 0.2) is 0 Å². The van der Waals surface area contributed by atoms with E-state index in [1.54, 1.807) is 0 Å². The Morgan fingerprint density at radius 1 is 1.25 bits per heavy atom. The average molecular weight is 385 g/mol. The van der Waals surface area contributed by atoms with Gasteiger partial charge in [-0.3, -0.25) is 9.79 Å². The minimum absolute atomic E-state index is 0.117. The second-order valence-corrected chi connectivity index (χ2v) is 8.09. The van der Waals surface area contributed by atoms with Gasteiger partial charge < -0.3 is 9.64 Å². The molecule has 2 rings (SSSR count). The number of hydrogen-bond donors (Lipinski definition) is 0. The molecule has 1 heterocycles. The van der Waals surface area contributed by atoms with E-state index in [1.807, 2.05) is 37.8 Å². The van der Waals surface area contributed by atoms with Gasteiger partial charge in [-0.25, -0.2) is 0 Å². The number of benzene rings is 1. The van der Waals surface area contributed by atoms with Gasteiger partial charge in [0, 0.05) is 24.7 Å². The highest BCUT2D eigenvalue weighted by molar-refractivity contribution is 6.39. The molecule has 0 bridgehead atoms. The SMILES string of the molecule is CCCCN1CCCC(C)C(=N/C(C)=C(\C)c2ccc(OC(C)C)cc2)C1=O. The fourth-order valence-electron chi connectivity index (χ4n) is 3.45. The number of carbonyl (C=O) groups excluding carboxylic acids is 1. The van der Waals surface area contributed by atoms with Crippen LogP contribution in [0.1, 0.15) is 72.8 Å². The van der Waals surface area contributed by atoms with Crippen molar-refractivity contribution in [2.75, 3.05) is 13.1 Å². The Hall–Kier alpha value is -2.10. The highest BCUT2D eigenvalue weighted by Crippen LogP contribution is 2.24. The topological polar surface area (TPSA) is 41.9 Å². The molecule has 0 aromatic heterocycles. The lowest BCUT2D eigenvalue weighted by molar-refractivity contribution is -0.124. The third-order valence-electron chi connectivity index (χ3n) is 5.31. The zero-order chi connectivity index (χ0) is 20.7. The second-order valence-electron chi connectivity index (χ2n) is 8.09. The number of allylic oxidation sites excluding steroid dienone is 2. The Morgan fingerprint density at radius 3 is 2.54 bits per heavy atom. The van der Waals surface area contributed by atoms with Crippen molar-refractivity contribution >= 4 is 17.2 Å². The van der Waals surface area contributed by atoms with E-state index in [2.05, 4.69) is 32.9 Å². The normalized spacial score (nSPS) is 20.4. The van der Waals surface area contributed by atoms with Crippen molar-refractivity contribution in [3.05, 3.63) is 35.5 Å². The molecule has 154 valence electrons. The van der Waals surface area contributed by atoms with Crippen LogP contribution in [0.3, 0.4) is 0 Å². The number of aliphatic imine (C=N–C) groups is 1. The Labute approximate surface area is 170 Å². The summed E-state index contributed by atoms with van der Waals surface area (Å²) in [5.74, 6) is 1.18. The number of hydrogen-bond acceptors (Lipinski definition) is 3. The Morgan fingerprint density at radius 2 is 1.93 bits per heavy atom. The molecular formula is C24H36N2O2. The second kappa shape index (κ2) is 10.4. The molecule has 1 saturated heterocycles. The van der Waals surface area contributed by atoms with Crippen molar-refractivity contribution in [3.63, 3.8) is 0 Å². The quantitative estimate of drug-likeness (QED) is 0.603. The zero-order valence-corrected chi connectivity index (χ0v) is 18.4. The Kier molecular flexibility index (Phi) is 8.28. The van der Waals surface area contributed by atoms with E-state index >= 15 is 0 Å². The first-order valence-corrected chi connectivity index (χ1v) is 10.7. The molecule has 1 aliphatic rings. The smallest absolute Gasteiger partial charge is 0.268 e. The van der Waals surface area contributed by atoms with Crippen LogP contribution < -0.4 is 4.74 Å². The molecule has 1 amide bonds. The molecule has 1 aliphatic heterocycles. The summed E-state index contributed by atoms with van der Waals surface area (Å²) in [6.07, 6.45) is 4.37. The summed E-state index contributed by atoms with van der Waals surface area (Å²) in [7, 11) is 0. The maximum Gasteiger partial charge on any atom is 0.268 e. The summed E-state index contributed by atoms with van der Waals surface area (Å²) in [6.45, 7) is 14.1. The molecule has 1 fully saturated rings. The highest BCUT2D eigenvalue weighted by atomic mass is 16.5. The molecule has 28 heavy (non-hydrogen) atoms. The molecule has 1 aromatic rings. The fraction of sp³-hybridized carbons (Fsp3) is 0.583. The predicted molar refractivity (Wildman–Crippen MR) is 118 cm³/mol. The van der Waals surface area contributed by atoms with E-state index in [0.29, 0.717) is 5.71 Å². The van der Waals surface area contributed by atoms with Gasteiger partial charge in [0.25, 0.3) is 5.91 Å². The minimum atomic E-state index is 0.117. The number of rotatable bonds is 7. The summed E-state index contributed by atoms with van der Waals surface area (Å²) in [4.78, 5) is 19.9. The van der Waals surface area contributed by atoms with Gasteiger partial charge in [-0.05, 0) is 70.2 Å². The van der Waals surface area contributed by atoms with Crippen LogP contribution in [-0.4, -0.2) is 35.7 Å². The van der Waals surface area contributed by atoms with Gasteiger partial charge in [-0.1, -0.05) is 32.4 Å². The first-order chi connectivity index (χ1) is 13.3. The molecule has 0 radical (unpaired) electrons.